The third kappa shape index (κ3) is 2.48. The van der Waals surface area contributed by atoms with Crippen LogP contribution < -0.4 is 4.90 Å². The zero-order chi connectivity index (χ0) is 13.1. The minimum atomic E-state index is 0.270. The summed E-state index contributed by atoms with van der Waals surface area (Å²) in [7, 11) is 4.11. The number of benzene rings is 1. The predicted octanol–water partition coefficient (Wildman–Crippen LogP) is 2.09. The second kappa shape index (κ2) is 5.40. The number of imidazole rings is 1. The molecule has 4 nitrogen and oxygen atoms in total. The van der Waals surface area contributed by atoms with E-state index in [-0.39, 0.29) is 6.61 Å². The molecular formula is C14H21N3O. The van der Waals surface area contributed by atoms with Gasteiger partial charge in [-0.1, -0.05) is 0 Å². The van der Waals surface area contributed by atoms with Gasteiger partial charge in [-0.3, -0.25) is 0 Å². The van der Waals surface area contributed by atoms with Gasteiger partial charge in [0.1, 0.15) is 5.82 Å². The normalized spacial score (nSPS) is 11.1. The third-order valence-electron chi connectivity index (χ3n) is 3.43. The molecule has 98 valence electrons. The molecule has 0 bridgehead atoms. The molecule has 1 aromatic carbocycles. The minimum Gasteiger partial charge on any atom is -0.396 e. The Balaban J connectivity index is 2.19. The second-order valence-electron chi connectivity index (χ2n) is 4.74. The van der Waals surface area contributed by atoms with Gasteiger partial charge in [0.2, 0.25) is 0 Å². The number of nitrogens with zero attached hydrogens (tertiary/aromatic N) is 3. The van der Waals surface area contributed by atoms with E-state index in [1.165, 1.54) is 11.2 Å². The first-order chi connectivity index (χ1) is 8.63. The monoisotopic (exact) mass is 247 g/mol. The van der Waals surface area contributed by atoms with Gasteiger partial charge >= 0.3 is 0 Å². The summed E-state index contributed by atoms with van der Waals surface area (Å²) in [6.07, 6.45) is 1.86. The van der Waals surface area contributed by atoms with Crippen molar-refractivity contribution in [2.75, 3.05) is 25.1 Å². The van der Waals surface area contributed by atoms with E-state index in [1.807, 2.05) is 14.0 Å². The van der Waals surface area contributed by atoms with Crippen molar-refractivity contribution in [1.82, 2.24) is 9.55 Å². The van der Waals surface area contributed by atoms with Crippen LogP contribution in [0.1, 0.15) is 18.7 Å². The van der Waals surface area contributed by atoms with Crippen molar-refractivity contribution in [3.05, 3.63) is 24.0 Å². The maximum atomic E-state index is 8.79. The first-order valence-corrected chi connectivity index (χ1v) is 6.38. The summed E-state index contributed by atoms with van der Waals surface area (Å²) in [4.78, 5) is 6.76. The van der Waals surface area contributed by atoms with Crippen molar-refractivity contribution in [3.63, 3.8) is 0 Å². The van der Waals surface area contributed by atoms with E-state index < -0.39 is 0 Å². The van der Waals surface area contributed by atoms with Gasteiger partial charge in [0.05, 0.1) is 11.0 Å². The van der Waals surface area contributed by atoms with Crippen molar-refractivity contribution < 1.29 is 5.11 Å². The molecule has 0 radical (unpaired) electrons. The van der Waals surface area contributed by atoms with E-state index in [2.05, 4.69) is 39.7 Å². The van der Waals surface area contributed by atoms with Gasteiger partial charge in [-0.2, -0.15) is 0 Å². The van der Waals surface area contributed by atoms with E-state index in [4.69, 9.17) is 5.11 Å². The topological polar surface area (TPSA) is 41.3 Å². The molecule has 1 heterocycles. The molecular weight excluding hydrogens is 226 g/mol. The molecule has 0 aliphatic heterocycles. The van der Waals surface area contributed by atoms with Crippen LogP contribution in [0, 0.1) is 6.92 Å². The van der Waals surface area contributed by atoms with Crippen LogP contribution in [0.3, 0.4) is 0 Å². The minimum absolute atomic E-state index is 0.270. The molecule has 0 amide bonds. The van der Waals surface area contributed by atoms with E-state index in [0.29, 0.717) is 0 Å². The van der Waals surface area contributed by atoms with Crippen LogP contribution in [-0.2, 0) is 7.05 Å². The van der Waals surface area contributed by atoms with Crippen molar-refractivity contribution in [1.29, 1.82) is 0 Å². The fourth-order valence-corrected chi connectivity index (χ4v) is 2.14. The van der Waals surface area contributed by atoms with Gasteiger partial charge in [0.15, 0.2) is 0 Å². The average molecular weight is 247 g/mol. The molecule has 0 saturated heterocycles. The highest BCUT2D eigenvalue weighted by Gasteiger charge is 2.07. The first kappa shape index (κ1) is 12.9. The van der Waals surface area contributed by atoms with Crippen LogP contribution in [0.5, 0.6) is 0 Å². The van der Waals surface area contributed by atoms with E-state index in [0.717, 1.165) is 30.7 Å². The van der Waals surface area contributed by atoms with Crippen LogP contribution in [0.25, 0.3) is 11.0 Å². The van der Waals surface area contributed by atoms with Gasteiger partial charge in [0.25, 0.3) is 0 Å². The Morgan fingerprint density at radius 2 is 2.11 bits per heavy atom. The molecule has 1 aromatic heterocycles. The van der Waals surface area contributed by atoms with Crippen molar-refractivity contribution >= 4 is 16.7 Å². The number of hydrogen-bond acceptors (Lipinski definition) is 3. The first-order valence-electron chi connectivity index (χ1n) is 6.38. The van der Waals surface area contributed by atoms with Crippen LogP contribution in [0.4, 0.5) is 5.69 Å². The lowest BCUT2D eigenvalue weighted by Gasteiger charge is -2.19. The maximum absolute atomic E-state index is 8.79. The molecule has 0 spiro atoms. The molecule has 0 fully saturated rings. The highest BCUT2D eigenvalue weighted by atomic mass is 16.2. The molecule has 0 aliphatic carbocycles. The third-order valence-corrected chi connectivity index (χ3v) is 3.43. The highest BCUT2D eigenvalue weighted by Crippen LogP contribution is 2.21. The summed E-state index contributed by atoms with van der Waals surface area (Å²) >= 11 is 0. The molecule has 1 N–H and O–H groups in total. The van der Waals surface area contributed by atoms with Crippen LogP contribution in [0.2, 0.25) is 0 Å². The van der Waals surface area contributed by atoms with Gasteiger partial charge in [-0.25, -0.2) is 4.98 Å². The molecule has 0 unspecified atom stereocenters. The number of aromatic nitrogens is 2. The number of hydrogen-bond donors (Lipinski definition) is 1. The number of aliphatic hydroxyl groups is 1. The largest absolute Gasteiger partial charge is 0.396 e. The quantitative estimate of drug-likeness (QED) is 0.823. The summed E-state index contributed by atoms with van der Waals surface area (Å²) in [6.45, 7) is 3.24. The number of fused-ring (bicyclic) bond motifs is 1. The average Bonchev–Trinajstić information content (AvgIpc) is 2.65. The van der Waals surface area contributed by atoms with Gasteiger partial charge < -0.3 is 14.6 Å². The Hall–Kier alpha value is -1.55. The summed E-state index contributed by atoms with van der Waals surface area (Å²) in [5, 5.41) is 8.79. The molecule has 18 heavy (non-hydrogen) atoms. The molecule has 2 rings (SSSR count). The van der Waals surface area contributed by atoms with Gasteiger partial charge in [-0.15, -0.1) is 0 Å². The number of aliphatic hydroxyl groups excluding tert-OH is 1. The zero-order valence-electron chi connectivity index (χ0n) is 11.3. The summed E-state index contributed by atoms with van der Waals surface area (Å²) in [6, 6.07) is 6.37. The van der Waals surface area contributed by atoms with E-state index >= 15 is 0 Å². The number of aryl methyl sites for hydroxylation is 2. The Labute approximate surface area is 108 Å². The summed E-state index contributed by atoms with van der Waals surface area (Å²) < 4.78 is 2.10. The lowest BCUT2D eigenvalue weighted by atomic mass is 10.2. The molecule has 0 atom stereocenters. The SMILES string of the molecule is Cc1nc2cc(N(C)CCCCO)ccc2n1C. The van der Waals surface area contributed by atoms with Gasteiger partial charge in [0, 0.05) is 32.9 Å². The maximum Gasteiger partial charge on any atom is 0.106 e. The summed E-state index contributed by atoms with van der Waals surface area (Å²) in [5.41, 5.74) is 3.39. The fraction of sp³-hybridized carbons (Fsp3) is 0.500. The standard InChI is InChI=1S/C14H21N3O/c1-11-15-13-10-12(6-7-14(13)17(11)3)16(2)8-4-5-9-18/h6-7,10,18H,4-5,8-9H2,1-3H3. The van der Waals surface area contributed by atoms with Crippen molar-refractivity contribution in [2.45, 2.75) is 19.8 Å². The van der Waals surface area contributed by atoms with Crippen LogP contribution in [0.15, 0.2) is 18.2 Å². The fourth-order valence-electron chi connectivity index (χ4n) is 2.14. The molecule has 2 aromatic rings. The Bertz CT molecular complexity index is 533. The second-order valence-corrected chi connectivity index (χ2v) is 4.74. The lowest BCUT2D eigenvalue weighted by Crippen LogP contribution is -2.18. The molecule has 0 saturated carbocycles. The smallest absolute Gasteiger partial charge is 0.106 e. The van der Waals surface area contributed by atoms with E-state index in [1.54, 1.807) is 0 Å². The Kier molecular flexibility index (Phi) is 3.87. The molecule has 4 heteroatoms. The van der Waals surface area contributed by atoms with Crippen molar-refractivity contribution in [3.8, 4) is 0 Å². The van der Waals surface area contributed by atoms with E-state index in [9.17, 15) is 0 Å². The summed E-state index contributed by atoms with van der Waals surface area (Å²) in [5.74, 6) is 1.03. The van der Waals surface area contributed by atoms with Crippen LogP contribution >= 0.6 is 0 Å². The van der Waals surface area contributed by atoms with Crippen molar-refractivity contribution in [2.24, 2.45) is 7.05 Å². The number of unbranched alkanes of at least 4 members (excludes halogenated alkanes) is 1. The zero-order valence-corrected chi connectivity index (χ0v) is 11.3. The molecule has 0 aliphatic rings. The Morgan fingerprint density at radius 1 is 1.33 bits per heavy atom. The number of rotatable bonds is 5. The predicted molar refractivity (Wildman–Crippen MR) is 75.0 cm³/mol. The lowest BCUT2D eigenvalue weighted by molar-refractivity contribution is 0.285. The van der Waals surface area contributed by atoms with Gasteiger partial charge in [-0.05, 0) is 38.0 Å². The highest BCUT2D eigenvalue weighted by molar-refractivity contribution is 5.80. The number of anilines is 1. The Morgan fingerprint density at radius 3 is 2.83 bits per heavy atom. The van der Waals surface area contributed by atoms with Crippen LogP contribution in [-0.4, -0.2) is 34.9 Å².